The van der Waals surface area contributed by atoms with Gasteiger partial charge in [-0.15, -0.1) is 0 Å². The van der Waals surface area contributed by atoms with Crippen molar-refractivity contribution in [2.75, 3.05) is 5.90 Å². The summed E-state index contributed by atoms with van der Waals surface area (Å²) in [5.74, 6) is -1.49. The first kappa shape index (κ1) is 26.4. The second-order valence-corrected chi connectivity index (χ2v) is 6.96. The maximum Gasteiger partial charge on any atom is 1.00 e. The van der Waals surface area contributed by atoms with Crippen molar-refractivity contribution in [1.82, 2.24) is 0 Å². The number of rotatable bonds is 5. The summed E-state index contributed by atoms with van der Waals surface area (Å²) >= 11 is 0. The van der Waals surface area contributed by atoms with Gasteiger partial charge < -0.3 is 28.3 Å². The second kappa shape index (κ2) is 12.0. The van der Waals surface area contributed by atoms with Crippen molar-refractivity contribution < 1.29 is 117 Å². The van der Waals surface area contributed by atoms with E-state index in [1.54, 1.807) is 30.3 Å². The summed E-state index contributed by atoms with van der Waals surface area (Å²) in [5, 5.41) is 0. The van der Waals surface area contributed by atoms with Crippen LogP contribution in [0.1, 0.15) is 5.56 Å². The molecule has 0 saturated heterocycles. The van der Waals surface area contributed by atoms with Crippen molar-refractivity contribution in [2.45, 2.75) is 6.61 Å². The third-order valence-electron chi connectivity index (χ3n) is 1.62. The maximum absolute atomic E-state index is 11.1. The van der Waals surface area contributed by atoms with Gasteiger partial charge >= 0.3 is 88.7 Å². The van der Waals surface area contributed by atoms with Crippen LogP contribution < -0.4 is 103 Å². The van der Waals surface area contributed by atoms with Crippen LogP contribution in [0, 0.1) is 0 Å². The van der Waals surface area contributed by atoms with Crippen LogP contribution in [0.25, 0.3) is 0 Å². The molecule has 1 aromatic carbocycles. The zero-order valence-corrected chi connectivity index (χ0v) is 18.9. The quantitative estimate of drug-likeness (QED) is 0.391. The molecule has 6 nitrogen and oxygen atoms in total. The molecule has 0 heterocycles. The Morgan fingerprint density at radius 2 is 1.42 bits per heavy atom. The van der Waals surface area contributed by atoms with E-state index in [2.05, 4.69) is 4.52 Å². The molecule has 0 amide bonds. The predicted molar refractivity (Wildman–Crippen MR) is 51.3 cm³/mol. The topological polar surface area (TPSA) is 113 Å². The van der Waals surface area contributed by atoms with E-state index in [0.717, 1.165) is 0 Å². The average molecular weight is 332 g/mol. The van der Waals surface area contributed by atoms with E-state index in [9.17, 15) is 23.8 Å². The SMILES string of the molecule is O=P([O-])([O-])CP(=O)([O-])OCc1ccccc1.[Na+].[Na+].[Na+]. The molecule has 0 aliphatic rings. The van der Waals surface area contributed by atoms with E-state index in [1.807, 2.05) is 0 Å². The van der Waals surface area contributed by atoms with Crippen LogP contribution in [0.5, 0.6) is 0 Å². The summed E-state index contributed by atoms with van der Waals surface area (Å²) in [6, 6.07) is 8.34. The summed E-state index contributed by atoms with van der Waals surface area (Å²) in [7, 11) is -9.73. The van der Waals surface area contributed by atoms with E-state index in [4.69, 9.17) is 0 Å². The molecule has 1 atom stereocenters. The molecule has 90 valence electrons. The smallest absolute Gasteiger partial charge is 0.810 e. The van der Waals surface area contributed by atoms with Gasteiger partial charge in [0.15, 0.2) is 0 Å². The van der Waals surface area contributed by atoms with Crippen LogP contribution in [0.3, 0.4) is 0 Å². The van der Waals surface area contributed by atoms with Crippen molar-refractivity contribution in [3.63, 3.8) is 0 Å². The summed E-state index contributed by atoms with van der Waals surface area (Å²) in [4.78, 5) is 31.6. The number of hydrogen-bond acceptors (Lipinski definition) is 6. The Kier molecular flexibility index (Phi) is 16.7. The van der Waals surface area contributed by atoms with Crippen LogP contribution in [-0.4, -0.2) is 5.90 Å². The Morgan fingerprint density at radius 1 is 0.947 bits per heavy atom. The minimum Gasteiger partial charge on any atom is -0.810 e. The minimum absolute atomic E-state index is 0. The van der Waals surface area contributed by atoms with Gasteiger partial charge in [-0.2, -0.15) is 0 Å². The van der Waals surface area contributed by atoms with Crippen LogP contribution in [0.2, 0.25) is 0 Å². The van der Waals surface area contributed by atoms with Gasteiger partial charge in [0, 0.05) is 5.90 Å². The Labute approximate surface area is 178 Å². The van der Waals surface area contributed by atoms with Gasteiger partial charge in [0.2, 0.25) is 0 Å². The zero-order valence-electron chi connectivity index (χ0n) is 11.1. The van der Waals surface area contributed by atoms with Gasteiger partial charge in [-0.1, -0.05) is 37.9 Å². The van der Waals surface area contributed by atoms with Gasteiger partial charge in [-0.3, -0.25) is 0 Å². The Morgan fingerprint density at radius 3 is 1.84 bits per heavy atom. The standard InChI is InChI=1S/C8H12O6P2.3Na/c9-15(10,11)7-16(12,13)14-6-8-4-2-1-3-5-8;;;/h1-5H,6-7H2,(H,12,13)(H2,9,10,11);;;/q;3*+1/p-3. The zero-order chi connectivity index (χ0) is 12.2. The normalized spacial score (nSPS) is 13.2. The molecule has 1 rings (SSSR count). The maximum atomic E-state index is 11.1. The predicted octanol–water partition coefficient (Wildman–Crippen LogP) is -9.36. The van der Waals surface area contributed by atoms with Crippen LogP contribution in [0.4, 0.5) is 0 Å². The molecule has 0 aliphatic heterocycles. The van der Waals surface area contributed by atoms with Crippen molar-refractivity contribution in [2.24, 2.45) is 0 Å². The van der Waals surface area contributed by atoms with E-state index in [-0.39, 0.29) is 95.3 Å². The Bertz CT molecular complexity index is 437. The molecule has 11 heteroatoms. The molecule has 0 radical (unpaired) electrons. The summed E-state index contributed by atoms with van der Waals surface area (Å²) in [6.07, 6.45) is 0. The van der Waals surface area contributed by atoms with E-state index in [1.165, 1.54) is 0 Å². The molecule has 19 heavy (non-hydrogen) atoms. The third-order valence-corrected chi connectivity index (χ3v) is 4.91. The monoisotopic (exact) mass is 332 g/mol. The largest absolute Gasteiger partial charge is 1.00 e. The Balaban J connectivity index is -0.000000853. The van der Waals surface area contributed by atoms with Crippen LogP contribution in [0.15, 0.2) is 30.3 Å². The van der Waals surface area contributed by atoms with Gasteiger partial charge in [0.05, 0.1) is 6.61 Å². The molecule has 0 saturated carbocycles. The fourth-order valence-corrected chi connectivity index (χ4v) is 3.37. The first-order chi connectivity index (χ1) is 7.29. The molecular weight excluding hydrogens is 323 g/mol. The van der Waals surface area contributed by atoms with Crippen LogP contribution >= 0.6 is 15.2 Å². The van der Waals surface area contributed by atoms with Crippen molar-refractivity contribution >= 4 is 15.2 Å². The Hall–Kier alpha value is 2.52. The van der Waals surface area contributed by atoms with Gasteiger partial charge in [-0.05, 0) is 5.56 Å². The summed E-state index contributed by atoms with van der Waals surface area (Å²) in [5.41, 5.74) is 0.574. The molecular formula is C8H9Na3O6P2. The number of hydrogen-bond donors (Lipinski definition) is 0. The van der Waals surface area contributed by atoms with Gasteiger partial charge in [0.1, 0.15) is 7.60 Å². The molecule has 1 aromatic rings. The molecule has 0 bridgehead atoms. The summed E-state index contributed by atoms with van der Waals surface area (Å²) in [6.45, 7) is -0.276. The minimum atomic E-state index is -5.11. The first-order valence-electron chi connectivity index (χ1n) is 4.28. The van der Waals surface area contributed by atoms with Crippen LogP contribution in [-0.2, 0) is 20.3 Å². The number of benzene rings is 1. The van der Waals surface area contributed by atoms with Gasteiger partial charge in [-0.25, -0.2) is 0 Å². The van der Waals surface area contributed by atoms with Crippen molar-refractivity contribution in [3.05, 3.63) is 35.9 Å². The molecule has 0 aliphatic carbocycles. The first-order valence-corrected chi connectivity index (χ1v) is 7.74. The molecule has 1 unspecified atom stereocenters. The van der Waals surface area contributed by atoms with E-state index < -0.39 is 21.1 Å². The van der Waals surface area contributed by atoms with Gasteiger partial charge in [0.25, 0.3) is 0 Å². The van der Waals surface area contributed by atoms with Crippen molar-refractivity contribution in [1.29, 1.82) is 0 Å². The second-order valence-electron chi connectivity index (χ2n) is 3.12. The van der Waals surface area contributed by atoms with Crippen molar-refractivity contribution in [3.8, 4) is 0 Å². The van der Waals surface area contributed by atoms with E-state index >= 15 is 0 Å². The molecule has 0 fully saturated rings. The average Bonchev–Trinajstić information content (AvgIpc) is 2.13. The molecule has 0 aromatic heterocycles. The fraction of sp³-hybridized carbons (Fsp3) is 0.250. The summed E-state index contributed by atoms with van der Waals surface area (Å²) < 4.78 is 25.8. The molecule has 0 N–H and O–H groups in total. The fourth-order valence-electron chi connectivity index (χ4n) is 1.00. The van der Waals surface area contributed by atoms with E-state index in [0.29, 0.717) is 5.56 Å². The molecule has 0 spiro atoms. The third kappa shape index (κ3) is 13.9.